The van der Waals surface area contributed by atoms with Crippen LogP contribution in [0.1, 0.15) is 33.6 Å². The molecule has 2 N–H and O–H groups in total. The van der Waals surface area contributed by atoms with Gasteiger partial charge in [-0.15, -0.1) is 0 Å². The predicted molar refractivity (Wildman–Crippen MR) is 75.0 cm³/mol. The Morgan fingerprint density at radius 1 is 1.50 bits per heavy atom. The summed E-state index contributed by atoms with van der Waals surface area (Å²) in [5, 5.41) is 11.9. The number of benzene rings is 1. The lowest BCUT2D eigenvalue weighted by atomic mass is 9.94. The first-order chi connectivity index (χ1) is 9.41. The van der Waals surface area contributed by atoms with E-state index in [2.05, 4.69) is 5.32 Å². The van der Waals surface area contributed by atoms with Crippen LogP contribution in [0, 0.1) is 5.82 Å². The Bertz CT molecular complexity index is 452. The Kier molecular flexibility index (Phi) is 5.95. The van der Waals surface area contributed by atoms with E-state index < -0.39 is 17.5 Å². The highest BCUT2D eigenvalue weighted by Crippen LogP contribution is 2.18. The zero-order valence-electron chi connectivity index (χ0n) is 12.1. The highest BCUT2D eigenvalue weighted by molar-refractivity contribution is 5.81. The summed E-state index contributed by atoms with van der Waals surface area (Å²) < 4.78 is 18.8. The number of amides is 1. The van der Waals surface area contributed by atoms with Crippen LogP contribution in [0.2, 0.25) is 0 Å². The Morgan fingerprint density at radius 3 is 2.70 bits per heavy atom. The van der Waals surface area contributed by atoms with Crippen molar-refractivity contribution in [3.8, 4) is 5.75 Å². The van der Waals surface area contributed by atoms with Crippen LogP contribution in [-0.4, -0.2) is 29.3 Å². The third-order valence-electron chi connectivity index (χ3n) is 3.38. The molecule has 2 atom stereocenters. The Hall–Kier alpha value is -1.62. The third-order valence-corrected chi connectivity index (χ3v) is 3.38. The van der Waals surface area contributed by atoms with Crippen LogP contribution in [0.15, 0.2) is 24.3 Å². The molecule has 2 unspecified atom stereocenters. The van der Waals surface area contributed by atoms with Gasteiger partial charge in [0.15, 0.2) is 17.7 Å². The fourth-order valence-electron chi connectivity index (χ4n) is 1.76. The molecule has 1 amide bonds. The number of hydrogen-bond acceptors (Lipinski definition) is 3. The second kappa shape index (κ2) is 7.24. The zero-order valence-corrected chi connectivity index (χ0v) is 12.1. The van der Waals surface area contributed by atoms with Gasteiger partial charge < -0.3 is 15.2 Å². The minimum absolute atomic E-state index is 0.00677. The molecule has 20 heavy (non-hydrogen) atoms. The van der Waals surface area contributed by atoms with E-state index in [1.807, 2.05) is 13.8 Å². The monoisotopic (exact) mass is 283 g/mol. The van der Waals surface area contributed by atoms with E-state index in [0.717, 1.165) is 0 Å². The van der Waals surface area contributed by atoms with Crippen LogP contribution < -0.4 is 10.1 Å². The molecule has 0 saturated carbocycles. The molecule has 0 aromatic heterocycles. The molecule has 1 rings (SSSR count). The number of aliphatic hydroxyl groups excluding tert-OH is 1. The summed E-state index contributed by atoms with van der Waals surface area (Å²) in [6.07, 6.45) is 0.337. The molecule has 112 valence electrons. The van der Waals surface area contributed by atoms with Gasteiger partial charge in [-0.3, -0.25) is 4.79 Å². The molecule has 1 aromatic carbocycles. The van der Waals surface area contributed by atoms with Gasteiger partial charge in [0, 0.05) is 12.1 Å². The van der Waals surface area contributed by atoms with E-state index in [1.165, 1.54) is 12.1 Å². The van der Waals surface area contributed by atoms with E-state index >= 15 is 0 Å². The number of para-hydroxylation sites is 1. The van der Waals surface area contributed by atoms with E-state index in [9.17, 15) is 9.18 Å². The van der Waals surface area contributed by atoms with Crippen molar-refractivity contribution >= 4 is 5.91 Å². The number of carbonyl (C=O) groups excluding carboxylic acids is 1. The van der Waals surface area contributed by atoms with Gasteiger partial charge in [-0.25, -0.2) is 4.39 Å². The van der Waals surface area contributed by atoms with E-state index in [-0.39, 0.29) is 18.3 Å². The quantitative estimate of drug-likeness (QED) is 0.807. The molecular formula is C15H22FNO3. The summed E-state index contributed by atoms with van der Waals surface area (Å²) in [4.78, 5) is 12.1. The fraction of sp³-hybridized carbons (Fsp3) is 0.533. The number of carbonyl (C=O) groups is 1. The van der Waals surface area contributed by atoms with Crippen molar-refractivity contribution in [1.82, 2.24) is 5.32 Å². The summed E-state index contributed by atoms with van der Waals surface area (Å²) >= 11 is 0. The minimum Gasteiger partial charge on any atom is -0.478 e. The zero-order chi connectivity index (χ0) is 15.2. The Balaban J connectivity index is 2.66. The van der Waals surface area contributed by atoms with E-state index in [4.69, 9.17) is 9.84 Å². The molecule has 0 bridgehead atoms. The van der Waals surface area contributed by atoms with Gasteiger partial charge in [0.1, 0.15) is 0 Å². The molecule has 0 aliphatic carbocycles. The van der Waals surface area contributed by atoms with Crippen molar-refractivity contribution in [3.05, 3.63) is 30.1 Å². The number of halogens is 1. The number of ether oxygens (including phenoxy) is 1. The van der Waals surface area contributed by atoms with Crippen molar-refractivity contribution < 1.29 is 19.0 Å². The number of aliphatic hydroxyl groups is 1. The molecule has 0 radical (unpaired) electrons. The lowest BCUT2D eigenvalue weighted by molar-refractivity contribution is -0.129. The second-order valence-electron chi connectivity index (χ2n) is 5.07. The maximum absolute atomic E-state index is 13.4. The third kappa shape index (κ3) is 4.49. The SMILES string of the molecule is CCC(C)(CCO)NC(=O)C(C)Oc1ccccc1F. The van der Waals surface area contributed by atoms with Crippen LogP contribution >= 0.6 is 0 Å². The average Bonchev–Trinajstić information content (AvgIpc) is 2.41. The van der Waals surface area contributed by atoms with Gasteiger partial charge >= 0.3 is 0 Å². The molecule has 1 aromatic rings. The second-order valence-corrected chi connectivity index (χ2v) is 5.07. The van der Waals surface area contributed by atoms with Crippen molar-refractivity contribution in [2.75, 3.05) is 6.61 Å². The molecule has 0 fully saturated rings. The molecule has 0 spiro atoms. The summed E-state index contributed by atoms with van der Waals surface area (Å²) in [6, 6.07) is 5.96. The first-order valence-corrected chi connectivity index (χ1v) is 6.76. The standard InChI is InChI=1S/C15H22FNO3/c1-4-15(3,9-10-18)17-14(19)11(2)20-13-8-6-5-7-12(13)16/h5-8,11,18H,4,9-10H2,1-3H3,(H,17,19). The van der Waals surface area contributed by atoms with E-state index in [0.29, 0.717) is 12.8 Å². The normalized spacial score (nSPS) is 15.2. The van der Waals surface area contributed by atoms with Crippen molar-refractivity contribution in [3.63, 3.8) is 0 Å². The lowest BCUT2D eigenvalue weighted by Gasteiger charge is -2.30. The molecule has 4 nitrogen and oxygen atoms in total. The topological polar surface area (TPSA) is 58.6 Å². The van der Waals surface area contributed by atoms with E-state index in [1.54, 1.807) is 19.1 Å². The van der Waals surface area contributed by atoms with Gasteiger partial charge in [-0.05, 0) is 38.8 Å². The average molecular weight is 283 g/mol. The van der Waals surface area contributed by atoms with Gasteiger partial charge in [0.25, 0.3) is 5.91 Å². The van der Waals surface area contributed by atoms with Crippen LogP contribution in [0.25, 0.3) is 0 Å². The molecular weight excluding hydrogens is 261 g/mol. The summed E-state index contributed by atoms with van der Waals surface area (Å²) in [5.74, 6) is -0.776. The lowest BCUT2D eigenvalue weighted by Crippen LogP contribution is -2.50. The summed E-state index contributed by atoms with van der Waals surface area (Å²) in [6.45, 7) is 5.35. The van der Waals surface area contributed by atoms with Crippen molar-refractivity contribution in [2.24, 2.45) is 0 Å². The molecule has 0 aliphatic heterocycles. The van der Waals surface area contributed by atoms with Gasteiger partial charge in [0.05, 0.1) is 0 Å². The number of rotatable bonds is 7. The van der Waals surface area contributed by atoms with Crippen LogP contribution in [0.4, 0.5) is 4.39 Å². The highest BCUT2D eigenvalue weighted by Gasteiger charge is 2.27. The van der Waals surface area contributed by atoms with Gasteiger partial charge in [-0.1, -0.05) is 19.1 Å². The van der Waals surface area contributed by atoms with Crippen molar-refractivity contribution in [2.45, 2.75) is 45.3 Å². The molecule has 0 heterocycles. The summed E-state index contributed by atoms with van der Waals surface area (Å²) in [7, 11) is 0. The fourth-order valence-corrected chi connectivity index (χ4v) is 1.76. The van der Waals surface area contributed by atoms with Crippen molar-refractivity contribution in [1.29, 1.82) is 0 Å². The first kappa shape index (κ1) is 16.4. The first-order valence-electron chi connectivity index (χ1n) is 6.76. The minimum atomic E-state index is -0.809. The van der Waals surface area contributed by atoms with Crippen LogP contribution in [0.5, 0.6) is 5.75 Å². The maximum atomic E-state index is 13.4. The number of nitrogens with one attached hydrogen (secondary N) is 1. The smallest absolute Gasteiger partial charge is 0.261 e. The molecule has 0 aliphatic rings. The van der Waals surface area contributed by atoms with Crippen LogP contribution in [-0.2, 0) is 4.79 Å². The highest BCUT2D eigenvalue weighted by atomic mass is 19.1. The maximum Gasteiger partial charge on any atom is 0.261 e. The predicted octanol–water partition coefficient (Wildman–Crippen LogP) is 2.26. The molecule has 0 saturated heterocycles. The Labute approximate surface area is 119 Å². The number of hydrogen-bond donors (Lipinski definition) is 2. The van der Waals surface area contributed by atoms with Gasteiger partial charge in [0.2, 0.25) is 0 Å². The van der Waals surface area contributed by atoms with Gasteiger partial charge in [-0.2, -0.15) is 0 Å². The summed E-state index contributed by atoms with van der Waals surface area (Å²) in [5.41, 5.74) is -0.487. The van der Waals surface area contributed by atoms with Crippen LogP contribution in [0.3, 0.4) is 0 Å². The Morgan fingerprint density at radius 2 is 2.15 bits per heavy atom. The largest absolute Gasteiger partial charge is 0.478 e. The molecule has 5 heteroatoms.